The highest BCUT2D eigenvalue weighted by Gasteiger charge is 2.19. The topological polar surface area (TPSA) is 73.2 Å². The van der Waals surface area contributed by atoms with Crippen molar-refractivity contribution in [1.82, 2.24) is 15.1 Å². The summed E-state index contributed by atoms with van der Waals surface area (Å²) in [5.74, 6) is -0.915. The van der Waals surface area contributed by atoms with E-state index in [4.69, 9.17) is 4.74 Å². The van der Waals surface area contributed by atoms with Crippen molar-refractivity contribution < 1.29 is 14.3 Å². The molecular weight excluding hydrogens is 414 g/mol. The van der Waals surface area contributed by atoms with E-state index in [9.17, 15) is 9.59 Å². The van der Waals surface area contributed by atoms with Gasteiger partial charge in [-0.05, 0) is 51.8 Å². The largest absolute Gasteiger partial charge is 0.449 e. The maximum atomic E-state index is 12.4. The summed E-state index contributed by atoms with van der Waals surface area (Å²) in [6.07, 6.45) is 2.14. The van der Waals surface area contributed by atoms with Crippen molar-refractivity contribution in [3.05, 3.63) is 94.3 Å². The molecule has 3 rings (SSSR count). The van der Waals surface area contributed by atoms with Crippen molar-refractivity contribution in [1.29, 1.82) is 0 Å². The molecule has 0 aliphatic rings. The number of rotatable bonds is 8. The van der Waals surface area contributed by atoms with E-state index in [0.717, 1.165) is 28.1 Å². The van der Waals surface area contributed by atoms with Crippen molar-refractivity contribution in [2.45, 2.75) is 53.3 Å². The number of esters is 1. The van der Waals surface area contributed by atoms with Gasteiger partial charge in [-0.3, -0.25) is 9.48 Å². The molecule has 3 aromatic rings. The monoisotopic (exact) mass is 445 g/mol. The lowest BCUT2D eigenvalue weighted by atomic mass is 10.1. The Hall–Kier alpha value is -3.67. The van der Waals surface area contributed by atoms with Gasteiger partial charge in [-0.25, -0.2) is 4.79 Å². The average molecular weight is 446 g/mol. The van der Waals surface area contributed by atoms with Crippen LogP contribution in [0.2, 0.25) is 0 Å². The molecule has 0 radical (unpaired) electrons. The molecule has 1 heterocycles. The van der Waals surface area contributed by atoms with Gasteiger partial charge in [0.05, 0.1) is 18.3 Å². The number of nitrogens with zero attached hydrogens (tertiary/aromatic N) is 2. The van der Waals surface area contributed by atoms with E-state index in [1.165, 1.54) is 11.6 Å². The zero-order valence-electron chi connectivity index (χ0n) is 19.8. The van der Waals surface area contributed by atoms with Crippen LogP contribution in [-0.4, -0.2) is 27.8 Å². The predicted molar refractivity (Wildman–Crippen MR) is 130 cm³/mol. The molecule has 172 valence electrons. The number of aromatic nitrogens is 2. The number of hydrogen-bond donors (Lipinski definition) is 1. The summed E-state index contributed by atoms with van der Waals surface area (Å²) in [5.41, 5.74) is 6.01. The Morgan fingerprint density at radius 2 is 1.70 bits per heavy atom. The first-order chi connectivity index (χ1) is 15.7. The molecule has 1 aromatic heterocycles. The second-order valence-electron chi connectivity index (χ2n) is 8.28. The molecule has 0 spiro atoms. The smallest absolute Gasteiger partial charge is 0.331 e. The van der Waals surface area contributed by atoms with Gasteiger partial charge in [0.25, 0.3) is 5.91 Å². The van der Waals surface area contributed by atoms with E-state index in [1.54, 1.807) is 13.0 Å². The van der Waals surface area contributed by atoms with Crippen LogP contribution in [0.5, 0.6) is 0 Å². The number of aryl methyl sites for hydroxylation is 2. The molecule has 0 saturated heterocycles. The zero-order valence-corrected chi connectivity index (χ0v) is 19.8. The van der Waals surface area contributed by atoms with E-state index >= 15 is 0 Å². The highest BCUT2D eigenvalue weighted by molar-refractivity contribution is 5.90. The summed E-state index contributed by atoms with van der Waals surface area (Å²) in [6, 6.07) is 17.8. The molecule has 0 saturated carbocycles. The Kier molecular flexibility index (Phi) is 7.83. The number of ether oxygens (including phenoxy) is 1. The van der Waals surface area contributed by atoms with Crippen molar-refractivity contribution >= 4 is 18.0 Å². The van der Waals surface area contributed by atoms with Crippen LogP contribution >= 0.6 is 0 Å². The maximum Gasteiger partial charge on any atom is 0.331 e. The van der Waals surface area contributed by atoms with Gasteiger partial charge in [0.1, 0.15) is 0 Å². The van der Waals surface area contributed by atoms with Crippen molar-refractivity contribution in [2.24, 2.45) is 0 Å². The van der Waals surface area contributed by atoms with E-state index in [1.807, 2.05) is 55.8 Å². The van der Waals surface area contributed by atoms with Crippen molar-refractivity contribution in [2.75, 3.05) is 0 Å². The summed E-state index contributed by atoms with van der Waals surface area (Å²) in [4.78, 5) is 24.7. The van der Waals surface area contributed by atoms with Crippen LogP contribution in [0.1, 0.15) is 53.5 Å². The van der Waals surface area contributed by atoms with Gasteiger partial charge < -0.3 is 10.1 Å². The molecule has 0 bridgehead atoms. The number of hydrogen-bond acceptors (Lipinski definition) is 4. The zero-order chi connectivity index (χ0) is 24.0. The summed E-state index contributed by atoms with van der Waals surface area (Å²) in [7, 11) is 0. The molecule has 0 aliphatic carbocycles. The SMILES string of the molecule is Cc1ccc(Cn2nc(C)c(C=CC(=O)OC(C)C(=O)NC(C)c3ccccc3)c2C)cc1. The van der Waals surface area contributed by atoms with Crippen LogP contribution in [0, 0.1) is 20.8 Å². The van der Waals surface area contributed by atoms with Gasteiger partial charge in [-0.2, -0.15) is 5.10 Å². The molecule has 33 heavy (non-hydrogen) atoms. The standard InChI is InChI=1S/C27H31N3O3/c1-18-11-13-23(14-12-18)17-30-21(4)25(20(3)29-30)15-16-26(31)33-22(5)27(32)28-19(2)24-9-7-6-8-10-24/h6-16,19,22H,17H2,1-5H3,(H,28,32). The van der Waals surface area contributed by atoms with Crippen LogP contribution < -0.4 is 5.32 Å². The van der Waals surface area contributed by atoms with E-state index in [0.29, 0.717) is 6.54 Å². The minimum absolute atomic E-state index is 0.180. The van der Waals surface area contributed by atoms with Gasteiger partial charge in [0.15, 0.2) is 6.10 Å². The summed E-state index contributed by atoms with van der Waals surface area (Å²) < 4.78 is 7.22. The van der Waals surface area contributed by atoms with Crippen molar-refractivity contribution in [3.8, 4) is 0 Å². The Morgan fingerprint density at radius 3 is 2.36 bits per heavy atom. The molecule has 2 aromatic carbocycles. The molecule has 0 fully saturated rings. The first kappa shape index (κ1) is 24.0. The summed E-state index contributed by atoms with van der Waals surface area (Å²) in [6.45, 7) is 10.0. The number of carbonyl (C=O) groups excluding carboxylic acids is 2. The van der Waals surface area contributed by atoms with Crippen LogP contribution in [-0.2, 0) is 20.9 Å². The third kappa shape index (κ3) is 6.42. The fourth-order valence-corrected chi connectivity index (χ4v) is 3.55. The first-order valence-corrected chi connectivity index (χ1v) is 11.1. The predicted octanol–water partition coefficient (Wildman–Crippen LogP) is 4.68. The Bertz CT molecular complexity index is 1130. The lowest BCUT2D eigenvalue weighted by Crippen LogP contribution is -2.37. The van der Waals surface area contributed by atoms with E-state index < -0.39 is 12.1 Å². The Labute approximate surface area is 195 Å². The number of carbonyl (C=O) groups is 2. The van der Waals surface area contributed by atoms with E-state index in [-0.39, 0.29) is 11.9 Å². The quantitative estimate of drug-likeness (QED) is 0.404. The van der Waals surface area contributed by atoms with Gasteiger partial charge >= 0.3 is 5.97 Å². The van der Waals surface area contributed by atoms with Gasteiger partial charge in [0, 0.05) is 17.3 Å². The fourth-order valence-electron chi connectivity index (χ4n) is 3.55. The highest BCUT2D eigenvalue weighted by atomic mass is 16.5. The minimum Gasteiger partial charge on any atom is -0.449 e. The third-order valence-corrected chi connectivity index (χ3v) is 5.60. The molecule has 1 amide bonds. The lowest BCUT2D eigenvalue weighted by molar-refractivity contribution is -0.150. The molecule has 6 heteroatoms. The first-order valence-electron chi connectivity index (χ1n) is 11.1. The van der Waals surface area contributed by atoms with Crippen LogP contribution in [0.15, 0.2) is 60.7 Å². The molecule has 2 atom stereocenters. The minimum atomic E-state index is -0.903. The normalized spacial score (nSPS) is 13.0. The third-order valence-electron chi connectivity index (χ3n) is 5.60. The second-order valence-corrected chi connectivity index (χ2v) is 8.28. The van der Waals surface area contributed by atoms with Gasteiger partial charge in [-0.1, -0.05) is 60.2 Å². The molecule has 1 N–H and O–H groups in total. The van der Waals surface area contributed by atoms with Crippen molar-refractivity contribution in [3.63, 3.8) is 0 Å². The molecule has 2 unspecified atom stereocenters. The number of benzene rings is 2. The molecule has 0 aliphatic heterocycles. The second kappa shape index (κ2) is 10.8. The van der Waals surface area contributed by atoms with Gasteiger partial charge in [0.2, 0.25) is 0 Å². The van der Waals surface area contributed by atoms with Gasteiger partial charge in [-0.15, -0.1) is 0 Å². The summed E-state index contributed by atoms with van der Waals surface area (Å²) >= 11 is 0. The average Bonchev–Trinajstić information content (AvgIpc) is 3.06. The van der Waals surface area contributed by atoms with Crippen LogP contribution in [0.3, 0.4) is 0 Å². The Morgan fingerprint density at radius 1 is 1.03 bits per heavy atom. The van der Waals surface area contributed by atoms with Crippen LogP contribution in [0.25, 0.3) is 6.08 Å². The Balaban J connectivity index is 1.59. The summed E-state index contributed by atoms with van der Waals surface area (Å²) in [5, 5.41) is 7.48. The maximum absolute atomic E-state index is 12.4. The van der Waals surface area contributed by atoms with E-state index in [2.05, 4.69) is 41.6 Å². The number of amides is 1. The molecule has 6 nitrogen and oxygen atoms in total. The lowest BCUT2D eigenvalue weighted by Gasteiger charge is -2.17. The molecular formula is C27H31N3O3. The van der Waals surface area contributed by atoms with Crippen LogP contribution in [0.4, 0.5) is 0 Å². The number of nitrogens with one attached hydrogen (secondary N) is 1. The fraction of sp³-hybridized carbons (Fsp3) is 0.296. The highest BCUT2D eigenvalue weighted by Crippen LogP contribution is 2.17.